The number of fused-ring (bicyclic) bond motifs is 1. The summed E-state index contributed by atoms with van der Waals surface area (Å²) in [5.41, 5.74) is 3.28. The lowest BCUT2D eigenvalue weighted by molar-refractivity contribution is 0.130. The van der Waals surface area contributed by atoms with Crippen molar-refractivity contribution in [3.05, 3.63) is 59.2 Å². The summed E-state index contributed by atoms with van der Waals surface area (Å²) in [4.78, 5) is 5.39. The van der Waals surface area contributed by atoms with Gasteiger partial charge in [-0.1, -0.05) is 17.3 Å². The Kier molecular flexibility index (Phi) is 4.44. The Balaban J connectivity index is 1.64. The maximum absolute atomic E-state index is 8.77. The van der Waals surface area contributed by atoms with Gasteiger partial charge in [0.2, 0.25) is 0 Å². The molecule has 0 spiro atoms. The second kappa shape index (κ2) is 6.84. The van der Waals surface area contributed by atoms with Crippen molar-refractivity contribution in [2.45, 2.75) is 13.5 Å². The highest BCUT2D eigenvalue weighted by Crippen LogP contribution is 2.30. The second-order valence-corrected chi connectivity index (χ2v) is 5.12. The van der Waals surface area contributed by atoms with Gasteiger partial charge < -0.3 is 14.3 Å². The predicted molar refractivity (Wildman–Crippen MR) is 85.6 cm³/mol. The molecule has 5 nitrogen and oxygen atoms in total. The van der Waals surface area contributed by atoms with Gasteiger partial charge in [0.05, 0.1) is 17.3 Å². The van der Waals surface area contributed by atoms with Gasteiger partial charge in [-0.25, -0.2) is 0 Å². The van der Waals surface area contributed by atoms with Crippen LogP contribution in [0.15, 0.2) is 47.6 Å². The van der Waals surface area contributed by atoms with Crippen molar-refractivity contribution in [3.8, 4) is 17.6 Å². The smallest absolute Gasteiger partial charge is 0.162 e. The third-order valence-corrected chi connectivity index (χ3v) is 3.48. The number of benzene rings is 2. The molecule has 1 aliphatic heterocycles. The summed E-state index contributed by atoms with van der Waals surface area (Å²) < 4.78 is 11.1. The first-order chi connectivity index (χ1) is 11.3. The molecule has 0 saturated heterocycles. The molecule has 23 heavy (non-hydrogen) atoms. The highest BCUT2D eigenvalue weighted by molar-refractivity contribution is 5.98. The van der Waals surface area contributed by atoms with Crippen LogP contribution >= 0.6 is 0 Å². The summed E-state index contributed by atoms with van der Waals surface area (Å²) in [5, 5.41) is 12.9. The van der Waals surface area contributed by atoms with Crippen molar-refractivity contribution in [1.82, 2.24) is 0 Å². The minimum absolute atomic E-state index is 0.355. The van der Waals surface area contributed by atoms with Gasteiger partial charge in [-0.2, -0.15) is 5.26 Å². The molecule has 1 heterocycles. The zero-order valence-corrected chi connectivity index (χ0v) is 12.8. The minimum atomic E-state index is 0.355. The van der Waals surface area contributed by atoms with Crippen molar-refractivity contribution < 1.29 is 14.3 Å². The molecule has 116 valence electrons. The molecule has 2 aromatic rings. The first kappa shape index (κ1) is 14.9. The third-order valence-electron chi connectivity index (χ3n) is 3.48. The van der Waals surface area contributed by atoms with Gasteiger partial charge >= 0.3 is 0 Å². The molecular formula is C18H16N2O3. The molecule has 0 unspecified atom stereocenters. The van der Waals surface area contributed by atoms with Crippen LogP contribution in [0, 0.1) is 11.3 Å². The molecule has 0 aromatic heterocycles. The van der Waals surface area contributed by atoms with Crippen LogP contribution in [-0.2, 0) is 11.4 Å². The summed E-state index contributed by atoms with van der Waals surface area (Å²) in [6.45, 7) is 3.37. The van der Waals surface area contributed by atoms with Crippen LogP contribution < -0.4 is 9.47 Å². The lowest BCUT2D eigenvalue weighted by Crippen LogP contribution is -2.15. The standard InChI is InChI=1S/C18H16N2O3/c1-13(16-6-7-17-18(10-16)22-9-8-21-17)20-23-12-15-4-2-14(11-19)3-5-15/h2-7,10H,8-9,12H2,1H3. The van der Waals surface area contributed by atoms with Crippen molar-refractivity contribution >= 4 is 5.71 Å². The number of nitriles is 1. The maximum Gasteiger partial charge on any atom is 0.162 e. The summed E-state index contributed by atoms with van der Waals surface area (Å²) in [6.07, 6.45) is 0. The first-order valence-corrected chi connectivity index (χ1v) is 7.32. The lowest BCUT2D eigenvalue weighted by atomic mass is 10.1. The highest BCUT2D eigenvalue weighted by Gasteiger charge is 2.12. The summed E-state index contributed by atoms with van der Waals surface area (Å²) in [6, 6.07) is 15.0. The topological polar surface area (TPSA) is 63.8 Å². The summed E-state index contributed by atoms with van der Waals surface area (Å²) in [7, 11) is 0. The third kappa shape index (κ3) is 3.61. The molecule has 0 aliphatic carbocycles. The van der Waals surface area contributed by atoms with Gasteiger partial charge in [0, 0.05) is 5.56 Å². The van der Waals surface area contributed by atoms with Gasteiger partial charge in [0.1, 0.15) is 19.8 Å². The fraction of sp³-hybridized carbons (Fsp3) is 0.222. The molecule has 0 bridgehead atoms. The van der Waals surface area contributed by atoms with E-state index in [1.807, 2.05) is 37.3 Å². The summed E-state index contributed by atoms with van der Waals surface area (Å²) >= 11 is 0. The SMILES string of the molecule is CC(=NOCc1ccc(C#N)cc1)c1ccc2c(c1)OCCO2. The fourth-order valence-corrected chi connectivity index (χ4v) is 2.20. The quantitative estimate of drug-likeness (QED) is 0.642. The van der Waals surface area contributed by atoms with Crippen LogP contribution in [0.5, 0.6) is 11.5 Å². The van der Waals surface area contributed by atoms with E-state index in [9.17, 15) is 0 Å². The molecule has 1 aliphatic rings. The molecule has 0 amide bonds. The number of hydrogen-bond acceptors (Lipinski definition) is 5. The van der Waals surface area contributed by atoms with Crippen molar-refractivity contribution in [2.24, 2.45) is 5.16 Å². The Hall–Kier alpha value is -3.00. The Labute approximate surface area is 134 Å². The minimum Gasteiger partial charge on any atom is -0.486 e. The first-order valence-electron chi connectivity index (χ1n) is 7.32. The molecule has 0 atom stereocenters. The van der Waals surface area contributed by atoms with Crippen LogP contribution in [0.3, 0.4) is 0 Å². The van der Waals surface area contributed by atoms with E-state index in [1.54, 1.807) is 12.1 Å². The number of oxime groups is 1. The largest absolute Gasteiger partial charge is 0.486 e. The molecule has 0 fully saturated rings. The van der Waals surface area contributed by atoms with Crippen LogP contribution in [0.2, 0.25) is 0 Å². The van der Waals surface area contributed by atoms with Crippen molar-refractivity contribution in [2.75, 3.05) is 13.2 Å². The fourth-order valence-electron chi connectivity index (χ4n) is 2.20. The molecule has 2 aromatic carbocycles. The normalized spacial score (nSPS) is 13.3. The Morgan fingerprint density at radius 3 is 2.61 bits per heavy atom. The van der Waals surface area contributed by atoms with Gasteiger partial charge in [-0.3, -0.25) is 0 Å². The van der Waals surface area contributed by atoms with Crippen molar-refractivity contribution in [1.29, 1.82) is 5.26 Å². The van der Waals surface area contributed by atoms with Gasteiger partial charge in [0.25, 0.3) is 0 Å². The van der Waals surface area contributed by atoms with Crippen LogP contribution in [0.25, 0.3) is 0 Å². The molecule has 3 rings (SSSR count). The van der Waals surface area contributed by atoms with E-state index in [0.717, 1.165) is 28.3 Å². The monoisotopic (exact) mass is 308 g/mol. The van der Waals surface area contributed by atoms with E-state index in [-0.39, 0.29) is 0 Å². The van der Waals surface area contributed by atoms with E-state index < -0.39 is 0 Å². The van der Waals surface area contributed by atoms with E-state index in [1.165, 1.54) is 0 Å². The predicted octanol–water partition coefficient (Wildman–Crippen LogP) is 3.27. The molecule has 5 heteroatoms. The van der Waals surface area contributed by atoms with Gasteiger partial charge in [-0.05, 0) is 42.8 Å². The van der Waals surface area contributed by atoms with E-state index in [2.05, 4.69) is 11.2 Å². The highest BCUT2D eigenvalue weighted by atomic mass is 16.6. The van der Waals surface area contributed by atoms with E-state index in [4.69, 9.17) is 19.6 Å². The maximum atomic E-state index is 8.77. The van der Waals surface area contributed by atoms with Crippen molar-refractivity contribution in [3.63, 3.8) is 0 Å². The Morgan fingerprint density at radius 2 is 1.87 bits per heavy atom. The Bertz CT molecular complexity index is 761. The van der Waals surface area contributed by atoms with Crippen LogP contribution in [0.4, 0.5) is 0 Å². The second-order valence-electron chi connectivity index (χ2n) is 5.12. The van der Waals surface area contributed by atoms with Gasteiger partial charge in [-0.15, -0.1) is 0 Å². The van der Waals surface area contributed by atoms with Gasteiger partial charge in [0.15, 0.2) is 11.5 Å². The molecule has 0 radical (unpaired) electrons. The number of hydrogen-bond donors (Lipinski definition) is 0. The molecule has 0 saturated carbocycles. The molecular weight excluding hydrogens is 292 g/mol. The van der Waals surface area contributed by atoms with Crippen LogP contribution in [0.1, 0.15) is 23.6 Å². The Morgan fingerprint density at radius 1 is 1.13 bits per heavy atom. The van der Waals surface area contributed by atoms with E-state index >= 15 is 0 Å². The summed E-state index contributed by atoms with van der Waals surface area (Å²) in [5.74, 6) is 1.49. The van der Waals surface area contributed by atoms with Crippen LogP contribution in [-0.4, -0.2) is 18.9 Å². The number of nitrogens with zero attached hydrogens (tertiary/aromatic N) is 2. The number of ether oxygens (including phenoxy) is 2. The van der Waals surface area contributed by atoms with E-state index in [0.29, 0.717) is 25.4 Å². The lowest BCUT2D eigenvalue weighted by Gasteiger charge is -2.18. The molecule has 0 N–H and O–H groups in total. The number of rotatable bonds is 4. The zero-order chi connectivity index (χ0) is 16.1. The average molecular weight is 308 g/mol. The zero-order valence-electron chi connectivity index (χ0n) is 12.8. The average Bonchev–Trinajstić information content (AvgIpc) is 2.61.